The Kier molecular flexibility index (Phi) is 5.54. The summed E-state index contributed by atoms with van der Waals surface area (Å²) in [6, 6.07) is 0.991. The van der Waals surface area contributed by atoms with Gasteiger partial charge in [-0.15, -0.1) is 10.2 Å². The topological polar surface area (TPSA) is 63.1 Å². The van der Waals surface area contributed by atoms with Crippen LogP contribution in [0.1, 0.15) is 77.2 Å². The van der Waals surface area contributed by atoms with E-state index in [9.17, 15) is 4.79 Å². The number of nitrogens with one attached hydrogen (secondary N) is 1. The van der Waals surface area contributed by atoms with Crippen LogP contribution in [0.2, 0.25) is 0 Å². The van der Waals surface area contributed by atoms with Gasteiger partial charge in [0.15, 0.2) is 5.82 Å². The average molecular weight is 333 g/mol. The molecule has 24 heavy (non-hydrogen) atoms. The molecule has 1 aromatic rings. The van der Waals surface area contributed by atoms with Crippen LogP contribution in [0.5, 0.6) is 0 Å². The Labute approximate surface area is 145 Å². The van der Waals surface area contributed by atoms with E-state index in [1.165, 1.54) is 25.7 Å². The molecule has 6 heteroatoms. The number of hydrogen-bond acceptors (Lipinski definition) is 4. The van der Waals surface area contributed by atoms with Crippen molar-refractivity contribution in [2.24, 2.45) is 5.92 Å². The Balaban J connectivity index is 1.56. The van der Waals surface area contributed by atoms with Crippen LogP contribution >= 0.6 is 0 Å². The molecule has 0 unspecified atom stereocenters. The molecule has 3 rings (SSSR count). The largest absolute Gasteiger partial charge is 0.346 e. The van der Waals surface area contributed by atoms with Crippen LogP contribution in [0.15, 0.2) is 6.33 Å². The fraction of sp³-hybridized carbons (Fsp3) is 0.833. The maximum Gasteiger partial charge on any atom is 0.223 e. The molecule has 1 amide bonds. The summed E-state index contributed by atoms with van der Waals surface area (Å²) in [4.78, 5) is 15.1. The van der Waals surface area contributed by atoms with Gasteiger partial charge in [0.05, 0.1) is 6.04 Å². The number of carbonyl (C=O) groups is 1. The molecule has 1 saturated heterocycles. The summed E-state index contributed by atoms with van der Waals surface area (Å²) in [6.07, 6.45) is 8.67. The quantitative estimate of drug-likeness (QED) is 0.900. The van der Waals surface area contributed by atoms with Gasteiger partial charge in [-0.25, -0.2) is 0 Å². The third kappa shape index (κ3) is 3.79. The molecular weight excluding hydrogens is 302 g/mol. The molecule has 0 bridgehead atoms. The van der Waals surface area contributed by atoms with Gasteiger partial charge in [-0.1, -0.05) is 12.8 Å². The van der Waals surface area contributed by atoms with E-state index < -0.39 is 0 Å². The van der Waals surface area contributed by atoms with Gasteiger partial charge in [0, 0.05) is 18.0 Å². The average Bonchev–Trinajstić information content (AvgIpc) is 3.25. The van der Waals surface area contributed by atoms with Crippen LogP contribution < -0.4 is 5.32 Å². The number of amides is 1. The van der Waals surface area contributed by atoms with E-state index in [1.807, 2.05) is 13.3 Å². The molecule has 1 aliphatic carbocycles. The highest BCUT2D eigenvalue weighted by Crippen LogP contribution is 2.31. The number of piperidine rings is 1. The standard InChI is InChI=1S/C18H31N5O/c1-13(2)22-10-8-15(9-11-22)18(24)20-14(3)17-21-19-12-23(17)16-6-4-5-7-16/h12-16H,4-11H2,1-3H3,(H,20,24)/t14-/m1/s1. The Hall–Kier alpha value is -1.43. The molecule has 1 saturated carbocycles. The Morgan fingerprint density at radius 3 is 2.46 bits per heavy atom. The van der Waals surface area contributed by atoms with Crippen molar-refractivity contribution in [2.45, 2.75) is 77.4 Å². The lowest BCUT2D eigenvalue weighted by atomic mass is 9.95. The van der Waals surface area contributed by atoms with Gasteiger partial charge in [0.2, 0.25) is 5.91 Å². The lowest BCUT2D eigenvalue weighted by molar-refractivity contribution is -0.127. The van der Waals surface area contributed by atoms with Crippen LogP contribution in [0, 0.1) is 5.92 Å². The molecule has 0 spiro atoms. The summed E-state index contributed by atoms with van der Waals surface area (Å²) in [5.41, 5.74) is 0. The molecule has 1 atom stereocenters. The fourth-order valence-electron chi connectivity index (χ4n) is 4.10. The highest BCUT2D eigenvalue weighted by atomic mass is 16.2. The zero-order valence-corrected chi connectivity index (χ0v) is 15.2. The van der Waals surface area contributed by atoms with Gasteiger partial charge in [0.1, 0.15) is 6.33 Å². The Morgan fingerprint density at radius 2 is 1.83 bits per heavy atom. The first-order valence-electron chi connectivity index (χ1n) is 9.50. The predicted molar refractivity (Wildman–Crippen MR) is 93.5 cm³/mol. The van der Waals surface area contributed by atoms with Crippen molar-refractivity contribution in [1.29, 1.82) is 0 Å². The van der Waals surface area contributed by atoms with Gasteiger partial charge in [0.25, 0.3) is 0 Å². The van der Waals surface area contributed by atoms with Crippen LogP contribution in [-0.2, 0) is 4.79 Å². The van der Waals surface area contributed by atoms with Crippen LogP contribution in [0.4, 0.5) is 0 Å². The first-order chi connectivity index (χ1) is 11.6. The fourth-order valence-corrected chi connectivity index (χ4v) is 4.10. The third-order valence-electron chi connectivity index (χ3n) is 5.70. The summed E-state index contributed by atoms with van der Waals surface area (Å²) < 4.78 is 2.18. The second-order valence-electron chi connectivity index (χ2n) is 7.67. The first kappa shape index (κ1) is 17.4. The summed E-state index contributed by atoms with van der Waals surface area (Å²) in [5, 5.41) is 11.6. The molecule has 1 N–H and O–H groups in total. The Bertz CT molecular complexity index is 541. The van der Waals surface area contributed by atoms with E-state index in [1.54, 1.807) is 0 Å². The minimum absolute atomic E-state index is 0.0799. The normalized spacial score (nSPS) is 22.2. The molecule has 2 heterocycles. The maximum absolute atomic E-state index is 12.6. The van der Waals surface area contributed by atoms with Crippen molar-refractivity contribution in [3.63, 3.8) is 0 Å². The summed E-state index contributed by atoms with van der Waals surface area (Å²) in [5.74, 6) is 1.20. The highest BCUT2D eigenvalue weighted by Gasteiger charge is 2.28. The minimum atomic E-state index is -0.0799. The summed E-state index contributed by atoms with van der Waals surface area (Å²) in [6.45, 7) is 8.50. The molecule has 1 aromatic heterocycles. The molecule has 2 fully saturated rings. The lowest BCUT2D eigenvalue weighted by Gasteiger charge is -2.34. The minimum Gasteiger partial charge on any atom is -0.346 e. The van der Waals surface area contributed by atoms with Crippen LogP contribution in [0.3, 0.4) is 0 Å². The maximum atomic E-state index is 12.6. The van der Waals surface area contributed by atoms with E-state index in [2.05, 4.69) is 38.8 Å². The molecule has 6 nitrogen and oxygen atoms in total. The second-order valence-corrected chi connectivity index (χ2v) is 7.67. The SMILES string of the molecule is CC(C)N1CCC(C(=O)N[C@H](C)c2nncn2C2CCCC2)CC1. The van der Waals surface area contributed by atoms with Gasteiger partial charge < -0.3 is 14.8 Å². The molecule has 1 aliphatic heterocycles. The lowest BCUT2D eigenvalue weighted by Crippen LogP contribution is -2.43. The monoisotopic (exact) mass is 333 g/mol. The zero-order valence-electron chi connectivity index (χ0n) is 15.2. The van der Waals surface area contributed by atoms with E-state index in [0.717, 1.165) is 31.8 Å². The van der Waals surface area contributed by atoms with E-state index in [4.69, 9.17) is 0 Å². The number of likely N-dealkylation sites (tertiary alicyclic amines) is 1. The second kappa shape index (κ2) is 7.64. The van der Waals surface area contributed by atoms with Crippen molar-refractivity contribution in [3.05, 3.63) is 12.2 Å². The number of aromatic nitrogens is 3. The third-order valence-corrected chi connectivity index (χ3v) is 5.70. The van der Waals surface area contributed by atoms with Crippen LogP contribution in [0.25, 0.3) is 0 Å². The van der Waals surface area contributed by atoms with Gasteiger partial charge >= 0.3 is 0 Å². The van der Waals surface area contributed by atoms with Crippen molar-refractivity contribution < 1.29 is 4.79 Å². The van der Waals surface area contributed by atoms with E-state index in [-0.39, 0.29) is 17.9 Å². The zero-order chi connectivity index (χ0) is 17.1. The Morgan fingerprint density at radius 1 is 1.17 bits per heavy atom. The van der Waals surface area contributed by atoms with Gasteiger partial charge in [-0.3, -0.25) is 4.79 Å². The number of rotatable bonds is 5. The van der Waals surface area contributed by atoms with Gasteiger partial charge in [-0.2, -0.15) is 0 Å². The molecular formula is C18H31N5O. The van der Waals surface area contributed by atoms with Gasteiger partial charge in [-0.05, 0) is 59.5 Å². The predicted octanol–water partition coefficient (Wildman–Crippen LogP) is 2.69. The van der Waals surface area contributed by atoms with Crippen molar-refractivity contribution >= 4 is 5.91 Å². The van der Waals surface area contributed by atoms with E-state index in [0.29, 0.717) is 12.1 Å². The number of nitrogens with zero attached hydrogens (tertiary/aromatic N) is 4. The smallest absolute Gasteiger partial charge is 0.223 e. The van der Waals surface area contributed by atoms with Crippen molar-refractivity contribution in [3.8, 4) is 0 Å². The van der Waals surface area contributed by atoms with Crippen LogP contribution in [-0.4, -0.2) is 44.7 Å². The molecule has 0 aromatic carbocycles. The summed E-state index contributed by atoms with van der Waals surface area (Å²) in [7, 11) is 0. The highest BCUT2D eigenvalue weighted by molar-refractivity contribution is 5.79. The van der Waals surface area contributed by atoms with Crippen molar-refractivity contribution in [1.82, 2.24) is 25.0 Å². The van der Waals surface area contributed by atoms with E-state index >= 15 is 0 Å². The molecule has 0 radical (unpaired) electrons. The number of hydrogen-bond donors (Lipinski definition) is 1. The van der Waals surface area contributed by atoms with Crippen molar-refractivity contribution in [2.75, 3.05) is 13.1 Å². The first-order valence-corrected chi connectivity index (χ1v) is 9.50. The molecule has 134 valence electrons. The summed E-state index contributed by atoms with van der Waals surface area (Å²) >= 11 is 0. The molecule has 2 aliphatic rings. The number of carbonyl (C=O) groups excluding carboxylic acids is 1.